The highest BCUT2D eigenvalue weighted by Gasteiger charge is 2.22. The van der Waals surface area contributed by atoms with Crippen LogP contribution in [0.2, 0.25) is 0 Å². The molecule has 1 aromatic heterocycles. The van der Waals surface area contributed by atoms with Gasteiger partial charge in [-0.3, -0.25) is 4.79 Å². The fourth-order valence-electron chi connectivity index (χ4n) is 1.98. The van der Waals surface area contributed by atoms with Crippen molar-refractivity contribution >= 4 is 22.4 Å². The Kier molecular flexibility index (Phi) is 4.92. The maximum Gasteiger partial charge on any atom is 0.273 e. The predicted octanol–water partition coefficient (Wildman–Crippen LogP) is 4.23. The summed E-state index contributed by atoms with van der Waals surface area (Å²) < 4.78 is 0. The molecule has 0 bridgehead atoms. The molecule has 0 radical (unpaired) electrons. The minimum Gasteiger partial charge on any atom is -0.338 e. The van der Waals surface area contributed by atoms with Crippen LogP contribution in [-0.4, -0.2) is 28.9 Å². The van der Waals surface area contributed by atoms with Crippen molar-refractivity contribution < 1.29 is 4.79 Å². The van der Waals surface area contributed by atoms with E-state index in [2.05, 4.69) is 15.0 Å². The summed E-state index contributed by atoms with van der Waals surface area (Å²) in [6.07, 6.45) is 0. The molecule has 0 N–H and O–H groups in total. The average molecular weight is 301 g/mol. The molecule has 0 aliphatic heterocycles. The van der Waals surface area contributed by atoms with Gasteiger partial charge < -0.3 is 4.90 Å². The maximum atomic E-state index is 12.6. The predicted molar refractivity (Wildman–Crippen MR) is 83.6 cm³/mol. The molecule has 108 valence electrons. The zero-order valence-corrected chi connectivity index (χ0v) is 12.7. The highest BCUT2D eigenvalue weighted by molar-refractivity contribution is 7.19. The van der Waals surface area contributed by atoms with Gasteiger partial charge >= 0.3 is 0 Å². The first-order valence-electron chi connectivity index (χ1n) is 6.61. The van der Waals surface area contributed by atoms with E-state index in [1.165, 1.54) is 11.3 Å². The number of nitrogens with zero attached hydrogens (tertiary/aromatic N) is 5. The first-order valence-corrected chi connectivity index (χ1v) is 7.43. The normalized spacial score (nSPS) is 10.0. The average Bonchev–Trinajstić information content (AvgIpc) is 2.93. The first kappa shape index (κ1) is 15.0. The Morgan fingerprint density at radius 1 is 1.33 bits per heavy atom. The number of aromatic nitrogens is 1. The topological polar surface area (TPSA) is 82.0 Å². The molecule has 21 heavy (non-hydrogen) atoms. The Morgan fingerprint density at radius 2 is 2.00 bits per heavy atom. The molecule has 6 nitrogen and oxygen atoms in total. The van der Waals surface area contributed by atoms with Gasteiger partial charge in [0.1, 0.15) is 5.69 Å². The Labute approximate surface area is 126 Å². The number of carbonyl (C=O) groups excluding carboxylic acids is 1. The van der Waals surface area contributed by atoms with Gasteiger partial charge in [-0.25, -0.2) is 4.98 Å². The lowest BCUT2D eigenvalue weighted by molar-refractivity contribution is 0.0769. The van der Waals surface area contributed by atoms with Crippen LogP contribution in [0.5, 0.6) is 0 Å². The van der Waals surface area contributed by atoms with Gasteiger partial charge in [0.25, 0.3) is 5.91 Å². The Balaban J connectivity index is 2.53. The highest BCUT2D eigenvalue weighted by atomic mass is 32.1. The molecular formula is C14H15N5OS. The molecule has 2 rings (SSSR count). The molecule has 2 aromatic rings. The number of rotatable bonds is 5. The minimum absolute atomic E-state index is 0.144. The van der Waals surface area contributed by atoms with E-state index < -0.39 is 0 Å². The standard InChI is InChI=1S/C14H15N5OS/c1-3-19(4-2)13(20)11-12(10-8-6-5-7-9-10)21-14(16-11)17-18-15/h5-9H,3-4H2,1-2H3. The molecule has 0 aliphatic rings. The smallest absolute Gasteiger partial charge is 0.273 e. The zero-order chi connectivity index (χ0) is 15.2. The van der Waals surface area contributed by atoms with E-state index in [1.807, 2.05) is 44.2 Å². The lowest BCUT2D eigenvalue weighted by Gasteiger charge is -2.17. The summed E-state index contributed by atoms with van der Waals surface area (Å²) in [4.78, 5) is 21.9. The van der Waals surface area contributed by atoms with Gasteiger partial charge in [0.15, 0.2) is 5.13 Å². The largest absolute Gasteiger partial charge is 0.338 e. The summed E-state index contributed by atoms with van der Waals surface area (Å²) in [6, 6.07) is 9.52. The summed E-state index contributed by atoms with van der Waals surface area (Å²) in [5, 5.41) is 3.78. The highest BCUT2D eigenvalue weighted by Crippen LogP contribution is 2.35. The quantitative estimate of drug-likeness (QED) is 0.470. The molecule has 0 saturated carbocycles. The van der Waals surface area contributed by atoms with Crippen LogP contribution in [0, 0.1) is 0 Å². The van der Waals surface area contributed by atoms with E-state index in [-0.39, 0.29) is 11.0 Å². The third-order valence-corrected chi connectivity index (χ3v) is 4.02. The molecule has 0 spiro atoms. The second-order valence-corrected chi connectivity index (χ2v) is 5.18. The summed E-state index contributed by atoms with van der Waals surface area (Å²) >= 11 is 1.22. The molecule has 1 heterocycles. The monoisotopic (exact) mass is 301 g/mol. The van der Waals surface area contributed by atoms with Crippen LogP contribution in [-0.2, 0) is 0 Å². The van der Waals surface area contributed by atoms with Crippen LogP contribution >= 0.6 is 11.3 Å². The van der Waals surface area contributed by atoms with Crippen molar-refractivity contribution in [1.29, 1.82) is 0 Å². The number of benzene rings is 1. The van der Waals surface area contributed by atoms with E-state index in [1.54, 1.807) is 4.90 Å². The van der Waals surface area contributed by atoms with Gasteiger partial charge in [0.2, 0.25) is 0 Å². The fourth-order valence-corrected chi connectivity index (χ4v) is 2.86. The van der Waals surface area contributed by atoms with Gasteiger partial charge in [-0.15, -0.1) is 11.3 Å². The second-order valence-electron chi connectivity index (χ2n) is 4.21. The van der Waals surface area contributed by atoms with Gasteiger partial charge in [0, 0.05) is 18.0 Å². The van der Waals surface area contributed by atoms with Gasteiger partial charge in [-0.05, 0) is 30.1 Å². The number of thiazole rings is 1. The molecule has 0 aliphatic carbocycles. The molecule has 7 heteroatoms. The minimum atomic E-state index is -0.144. The van der Waals surface area contributed by atoms with Crippen molar-refractivity contribution in [3.05, 3.63) is 46.5 Å². The van der Waals surface area contributed by atoms with Crippen LogP contribution in [0.3, 0.4) is 0 Å². The van der Waals surface area contributed by atoms with Crippen molar-refractivity contribution in [1.82, 2.24) is 9.88 Å². The van der Waals surface area contributed by atoms with E-state index in [0.29, 0.717) is 18.8 Å². The molecule has 1 amide bonds. The van der Waals surface area contributed by atoms with Crippen molar-refractivity contribution in [3.63, 3.8) is 0 Å². The van der Waals surface area contributed by atoms with Gasteiger partial charge in [-0.1, -0.05) is 30.3 Å². The summed E-state index contributed by atoms with van der Waals surface area (Å²) in [5.41, 5.74) is 9.80. The number of hydrogen-bond donors (Lipinski definition) is 0. The number of hydrogen-bond acceptors (Lipinski definition) is 4. The summed E-state index contributed by atoms with van der Waals surface area (Å²) in [7, 11) is 0. The fraction of sp³-hybridized carbons (Fsp3) is 0.286. The number of carbonyl (C=O) groups is 1. The van der Waals surface area contributed by atoms with E-state index in [9.17, 15) is 4.79 Å². The lowest BCUT2D eigenvalue weighted by Crippen LogP contribution is -2.31. The van der Waals surface area contributed by atoms with Crippen LogP contribution < -0.4 is 0 Å². The van der Waals surface area contributed by atoms with Crippen LogP contribution in [0.4, 0.5) is 5.13 Å². The van der Waals surface area contributed by atoms with Crippen molar-refractivity contribution in [3.8, 4) is 10.4 Å². The van der Waals surface area contributed by atoms with Gasteiger partial charge in [0.05, 0.1) is 4.88 Å². The van der Waals surface area contributed by atoms with Crippen molar-refractivity contribution in [2.75, 3.05) is 13.1 Å². The van der Waals surface area contributed by atoms with Gasteiger partial charge in [-0.2, -0.15) is 0 Å². The molecule has 1 aromatic carbocycles. The lowest BCUT2D eigenvalue weighted by atomic mass is 10.1. The summed E-state index contributed by atoms with van der Waals surface area (Å²) in [6.45, 7) is 5.06. The maximum absolute atomic E-state index is 12.6. The van der Waals surface area contributed by atoms with E-state index in [0.717, 1.165) is 10.4 Å². The third-order valence-electron chi connectivity index (χ3n) is 3.04. The molecule has 0 unspecified atom stereocenters. The van der Waals surface area contributed by atoms with Crippen molar-refractivity contribution in [2.45, 2.75) is 13.8 Å². The van der Waals surface area contributed by atoms with Crippen LogP contribution in [0.25, 0.3) is 20.9 Å². The Hall–Kier alpha value is -2.37. The summed E-state index contributed by atoms with van der Waals surface area (Å²) in [5.74, 6) is -0.144. The third kappa shape index (κ3) is 3.21. The SMILES string of the molecule is CCN(CC)C(=O)c1nc(N=[N+]=[N-])sc1-c1ccccc1. The Bertz CT molecular complexity index is 672. The number of azide groups is 1. The van der Waals surface area contributed by atoms with Crippen LogP contribution in [0.15, 0.2) is 35.4 Å². The van der Waals surface area contributed by atoms with E-state index >= 15 is 0 Å². The molecule has 0 fully saturated rings. The Morgan fingerprint density at radius 3 is 2.57 bits per heavy atom. The molecular weight excluding hydrogens is 286 g/mol. The molecule has 0 atom stereocenters. The first-order chi connectivity index (χ1) is 10.2. The zero-order valence-electron chi connectivity index (χ0n) is 11.9. The van der Waals surface area contributed by atoms with E-state index in [4.69, 9.17) is 5.53 Å². The number of amides is 1. The second kappa shape index (κ2) is 6.88. The van der Waals surface area contributed by atoms with Crippen LogP contribution in [0.1, 0.15) is 24.3 Å². The van der Waals surface area contributed by atoms with Crippen molar-refractivity contribution in [2.24, 2.45) is 5.11 Å². The molecule has 0 saturated heterocycles.